The lowest BCUT2D eigenvalue weighted by atomic mass is 9.84. The van der Waals surface area contributed by atoms with Gasteiger partial charge in [0.25, 0.3) is 0 Å². The van der Waals surface area contributed by atoms with Crippen LogP contribution in [-0.4, -0.2) is 50.2 Å². The summed E-state index contributed by atoms with van der Waals surface area (Å²) in [7, 11) is 1.91. The largest absolute Gasteiger partial charge is 0.492 e. The van der Waals surface area contributed by atoms with Crippen molar-refractivity contribution in [2.45, 2.75) is 37.6 Å². The molecule has 7 heteroatoms. The molecule has 0 saturated carbocycles. The molecule has 1 saturated heterocycles. The van der Waals surface area contributed by atoms with E-state index in [-0.39, 0.29) is 5.69 Å². The van der Waals surface area contributed by atoms with E-state index in [9.17, 15) is 9.90 Å². The van der Waals surface area contributed by atoms with E-state index in [2.05, 4.69) is 58.4 Å². The zero-order valence-corrected chi connectivity index (χ0v) is 20.4. The predicted molar refractivity (Wildman–Crippen MR) is 138 cm³/mol. The normalized spacial score (nSPS) is 18.6. The van der Waals surface area contributed by atoms with Crippen LogP contribution in [0.25, 0.3) is 11.2 Å². The van der Waals surface area contributed by atoms with Gasteiger partial charge in [-0.25, -0.2) is 14.8 Å². The van der Waals surface area contributed by atoms with Gasteiger partial charge in [-0.1, -0.05) is 48.5 Å². The van der Waals surface area contributed by atoms with Gasteiger partial charge in [0.2, 0.25) is 0 Å². The Labute approximate surface area is 210 Å². The number of hydrogen-bond donors (Lipinski definition) is 1. The van der Waals surface area contributed by atoms with E-state index in [4.69, 9.17) is 9.72 Å². The SMILES string of the molecule is Cn1c(CN2CCC(c3cccc4c3OCC(c3ccccc3)C4)CC2)nc2ccc(C(=O)O)nc21. The van der Waals surface area contributed by atoms with Crippen LogP contribution < -0.4 is 4.74 Å². The molecule has 0 amide bonds. The number of carboxylic acids is 1. The number of ether oxygens (including phenoxy) is 1. The molecule has 6 rings (SSSR count). The Morgan fingerprint density at radius 3 is 2.58 bits per heavy atom. The number of rotatable bonds is 5. The first-order valence-corrected chi connectivity index (χ1v) is 12.6. The number of aryl methyl sites for hydroxylation is 1. The van der Waals surface area contributed by atoms with Crippen molar-refractivity contribution in [3.63, 3.8) is 0 Å². The number of pyridine rings is 1. The molecule has 4 aromatic rings. The van der Waals surface area contributed by atoms with Crippen molar-refractivity contribution >= 4 is 17.1 Å². The topological polar surface area (TPSA) is 80.5 Å². The van der Waals surface area contributed by atoms with Crippen LogP contribution in [0.15, 0.2) is 60.7 Å². The first-order valence-electron chi connectivity index (χ1n) is 12.6. The third-order valence-corrected chi connectivity index (χ3v) is 7.71. The first kappa shape index (κ1) is 22.7. The fourth-order valence-electron chi connectivity index (χ4n) is 5.68. The van der Waals surface area contributed by atoms with Crippen LogP contribution in [0.1, 0.15) is 57.7 Å². The summed E-state index contributed by atoms with van der Waals surface area (Å²) in [5, 5.41) is 9.25. The Kier molecular flexibility index (Phi) is 5.93. The molecular formula is C29H30N4O3. The second-order valence-electron chi connectivity index (χ2n) is 9.94. The molecule has 1 unspecified atom stereocenters. The number of aromatic carboxylic acids is 1. The smallest absolute Gasteiger partial charge is 0.354 e. The maximum Gasteiger partial charge on any atom is 0.354 e. The molecule has 0 aliphatic carbocycles. The minimum atomic E-state index is -1.02. The Balaban J connectivity index is 1.13. The average Bonchev–Trinajstić information content (AvgIpc) is 3.23. The molecule has 0 radical (unpaired) electrons. The number of para-hydroxylation sites is 1. The first-order chi connectivity index (χ1) is 17.6. The third-order valence-electron chi connectivity index (χ3n) is 7.71. The number of fused-ring (bicyclic) bond motifs is 2. The van der Waals surface area contributed by atoms with E-state index in [1.807, 2.05) is 11.6 Å². The lowest BCUT2D eigenvalue weighted by Crippen LogP contribution is -2.33. The van der Waals surface area contributed by atoms with E-state index in [1.165, 1.54) is 22.8 Å². The summed E-state index contributed by atoms with van der Waals surface area (Å²) in [4.78, 5) is 22.7. The highest BCUT2D eigenvalue weighted by molar-refractivity contribution is 5.88. The van der Waals surface area contributed by atoms with Gasteiger partial charge in [0.1, 0.15) is 17.1 Å². The van der Waals surface area contributed by atoms with Crippen LogP contribution in [0.5, 0.6) is 5.75 Å². The van der Waals surface area contributed by atoms with Crippen molar-refractivity contribution in [2.24, 2.45) is 7.05 Å². The van der Waals surface area contributed by atoms with Crippen LogP contribution in [0.3, 0.4) is 0 Å². The predicted octanol–water partition coefficient (Wildman–Crippen LogP) is 4.76. The van der Waals surface area contributed by atoms with Crippen LogP contribution in [0.2, 0.25) is 0 Å². The second-order valence-corrected chi connectivity index (χ2v) is 9.94. The van der Waals surface area contributed by atoms with Crippen molar-refractivity contribution in [1.29, 1.82) is 0 Å². The highest BCUT2D eigenvalue weighted by Gasteiger charge is 2.29. The van der Waals surface area contributed by atoms with Crippen LogP contribution in [0, 0.1) is 0 Å². The Morgan fingerprint density at radius 2 is 1.81 bits per heavy atom. The summed E-state index contributed by atoms with van der Waals surface area (Å²) >= 11 is 0. The maximum absolute atomic E-state index is 11.3. The number of imidazole rings is 1. The highest BCUT2D eigenvalue weighted by atomic mass is 16.5. The molecule has 2 aliphatic rings. The molecule has 184 valence electrons. The maximum atomic E-state index is 11.3. The highest BCUT2D eigenvalue weighted by Crippen LogP contribution is 2.41. The quantitative estimate of drug-likeness (QED) is 0.442. The van der Waals surface area contributed by atoms with E-state index < -0.39 is 5.97 Å². The molecule has 36 heavy (non-hydrogen) atoms. The number of hydrogen-bond acceptors (Lipinski definition) is 5. The number of aromatic nitrogens is 3. The van der Waals surface area contributed by atoms with Gasteiger partial charge in [-0.3, -0.25) is 4.90 Å². The molecule has 4 heterocycles. The number of likely N-dealkylation sites (tertiary alicyclic amines) is 1. The third kappa shape index (κ3) is 4.24. The molecular weight excluding hydrogens is 452 g/mol. The van der Waals surface area contributed by atoms with Gasteiger partial charge in [-0.15, -0.1) is 0 Å². The summed E-state index contributed by atoms with van der Waals surface area (Å²) in [6.45, 7) is 3.43. The monoisotopic (exact) mass is 482 g/mol. The van der Waals surface area contributed by atoms with Crippen molar-refractivity contribution in [3.05, 3.63) is 88.9 Å². The summed E-state index contributed by atoms with van der Waals surface area (Å²) in [6, 6.07) is 20.6. The molecule has 2 aromatic heterocycles. The van der Waals surface area contributed by atoms with Crippen LogP contribution >= 0.6 is 0 Å². The van der Waals surface area contributed by atoms with E-state index in [1.54, 1.807) is 6.07 Å². The second kappa shape index (κ2) is 9.39. The molecule has 2 aromatic carbocycles. The standard InChI is InChI=1S/C29H30N4O3/c1-32-26(30-24-10-11-25(29(34)35)31-28(24)32)17-33-14-12-20(13-15-33)23-9-5-8-21-16-22(18-36-27(21)23)19-6-3-2-4-7-19/h2-11,20,22H,12-18H2,1H3,(H,34,35). The fraction of sp³-hybridized carbons (Fsp3) is 0.345. The Bertz CT molecular complexity index is 1410. The summed E-state index contributed by atoms with van der Waals surface area (Å²) in [5.74, 6) is 1.89. The minimum absolute atomic E-state index is 0.0429. The number of piperidine rings is 1. The van der Waals surface area contributed by atoms with Gasteiger partial charge in [-0.2, -0.15) is 0 Å². The molecule has 0 bridgehead atoms. The fourth-order valence-corrected chi connectivity index (χ4v) is 5.68. The van der Waals surface area contributed by atoms with Gasteiger partial charge >= 0.3 is 5.97 Å². The number of carbonyl (C=O) groups is 1. The van der Waals surface area contributed by atoms with Gasteiger partial charge < -0.3 is 14.4 Å². The van der Waals surface area contributed by atoms with Gasteiger partial charge in [0.05, 0.1) is 13.2 Å². The van der Waals surface area contributed by atoms with Crippen LogP contribution in [-0.2, 0) is 20.0 Å². The Hall–Kier alpha value is -3.71. The van der Waals surface area contributed by atoms with Crippen molar-refractivity contribution in [1.82, 2.24) is 19.4 Å². The van der Waals surface area contributed by atoms with Gasteiger partial charge in [0.15, 0.2) is 11.3 Å². The zero-order chi connectivity index (χ0) is 24.6. The zero-order valence-electron chi connectivity index (χ0n) is 20.4. The van der Waals surface area contributed by atoms with Crippen molar-refractivity contribution < 1.29 is 14.6 Å². The van der Waals surface area contributed by atoms with E-state index >= 15 is 0 Å². The van der Waals surface area contributed by atoms with Crippen LogP contribution in [0.4, 0.5) is 0 Å². The lowest BCUT2D eigenvalue weighted by Gasteiger charge is -2.34. The molecule has 7 nitrogen and oxygen atoms in total. The lowest BCUT2D eigenvalue weighted by molar-refractivity contribution is 0.0691. The Morgan fingerprint density at radius 1 is 1.00 bits per heavy atom. The summed E-state index contributed by atoms with van der Waals surface area (Å²) < 4.78 is 8.31. The molecule has 1 atom stereocenters. The summed E-state index contributed by atoms with van der Waals surface area (Å²) in [6.07, 6.45) is 3.18. The van der Waals surface area contributed by atoms with Crippen molar-refractivity contribution in [2.75, 3.05) is 19.7 Å². The molecule has 2 aliphatic heterocycles. The number of benzene rings is 2. The van der Waals surface area contributed by atoms with E-state index in [0.29, 0.717) is 17.5 Å². The molecule has 1 N–H and O–H groups in total. The summed E-state index contributed by atoms with van der Waals surface area (Å²) in [5.41, 5.74) is 5.41. The van der Waals surface area contributed by atoms with Gasteiger partial charge in [-0.05, 0) is 67.1 Å². The minimum Gasteiger partial charge on any atom is -0.492 e. The average molecular weight is 483 g/mol. The van der Waals surface area contributed by atoms with E-state index in [0.717, 1.165) is 62.6 Å². The van der Waals surface area contributed by atoms with Gasteiger partial charge in [0, 0.05) is 13.0 Å². The number of nitrogens with zero attached hydrogens (tertiary/aromatic N) is 4. The number of carboxylic acid groups (broad SMARTS) is 1. The van der Waals surface area contributed by atoms with Crippen molar-refractivity contribution in [3.8, 4) is 5.75 Å². The molecule has 1 fully saturated rings. The molecule has 0 spiro atoms.